The van der Waals surface area contributed by atoms with Crippen LogP contribution in [0.5, 0.6) is 0 Å². The van der Waals surface area contributed by atoms with E-state index in [0.29, 0.717) is 29.3 Å². The molecular weight excluding hydrogens is 377 g/mol. The van der Waals surface area contributed by atoms with E-state index in [9.17, 15) is 4.39 Å². The van der Waals surface area contributed by atoms with Crippen LogP contribution in [0.4, 0.5) is 16.0 Å². The van der Waals surface area contributed by atoms with Gasteiger partial charge < -0.3 is 21.8 Å². The Balaban J connectivity index is 2.32. The van der Waals surface area contributed by atoms with Crippen LogP contribution in [0, 0.1) is 11.2 Å². The van der Waals surface area contributed by atoms with E-state index < -0.39 is 0 Å². The molecule has 5 N–H and O–H groups in total. The molecule has 7 nitrogen and oxygen atoms in total. The van der Waals surface area contributed by atoms with Gasteiger partial charge in [-0.15, -0.1) is 11.3 Å². The Bertz CT molecular complexity index is 915. The molecule has 0 aliphatic rings. The number of nitrogens with two attached hydrogens (primary N) is 1. The molecule has 28 heavy (non-hydrogen) atoms. The number of thiazole rings is 1. The zero-order chi connectivity index (χ0) is 20.5. The van der Waals surface area contributed by atoms with Gasteiger partial charge in [0.15, 0.2) is 0 Å². The van der Waals surface area contributed by atoms with Gasteiger partial charge in [0.05, 0.1) is 10.6 Å². The van der Waals surface area contributed by atoms with Crippen molar-refractivity contribution in [3.63, 3.8) is 0 Å². The lowest BCUT2D eigenvalue weighted by Crippen LogP contribution is -2.00. The van der Waals surface area contributed by atoms with Crippen molar-refractivity contribution in [3.05, 3.63) is 51.4 Å². The number of allylic oxidation sites excluding steroid dienone is 3. The van der Waals surface area contributed by atoms with Crippen LogP contribution in [0.15, 0.2) is 35.0 Å². The summed E-state index contributed by atoms with van der Waals surface area (Å²) in [6.45, 7) is 0. The molecule has 0 fully saturated rings. The van der Waals surface area contributed by atoms with Crippen LogP contribution in [0.2, 0.25) is 0 Å². The average Bonchev–Trinajstić information content (AvgIpc) is 3.12. The summed E-state index contributed by atoms with van der Waals surface area (Å²) in [7, 11) is 5.19. The first-order valence-corrected chi connectivity index (χ1v) is 9.42. The predicted molar refractivity (Wildman–Crippen MR) is 116 cm³/mol. The minimum absolute atomic E-state index is 0.263. The molecule has 0 saturated heterocycles. The van der Waals surface area contributed by atoms with Gasteiger partial charge in [0, 0.05) is 52.0 Å². The van der Waals surface area contributed by atoms with Crippen LogP contribution < -0.4 is 16.4 Å². The molecule has 0 aliphatic carbocycles. The van der Waals surface area contributed by atoms with E-state index in [1.807, 2.05) is 0 Å². The van der Waals surface area contributed by atoms with Crippen molar-refractivity contribution < 1.29 is 4.39 Å². The summed E-state index contributed by atoms with van der Waals surface area (Å²) in [5.74, 6) is 0.878. The standard InChI is InChI=1S/C19H24FN7S/c1-23-11-12(9-21)8-17-27-19(25-3)18(28-17)13(10-22)4-6-15-14(20)5-7-16(24-2)26-15/h4-5,7,9-11,22,25H,6,8,21H2,1-3H3,(H,24,26)/b12-9?,13-4+,22-10?,23-11?. The van der Waals surface area contributed by atoms with Gasteiger partial charge >= 0.3 is 0 Å². The number of nitrogens with one attached hydrogen (secondary N) is 3. The molecule has 0 aliphatic heterocycles. The maximum Gasteiger partial charge on any atom is 0.145 e. The van der Waals surface area contributed by atoms with Crippen LogP contribution in [-0.4, -0.2) is 43.5 Å². The molecule has 0 aromatic carbocycles. The summed E-state index contributed by atoms with van der Waals surface area (Å²) in [6, 6.07) is 2.96. The highest BCUT2D eigenvalue weighted by molar-refractivity contribution is 7.13. The quantitative estimate of drug-likeness (QED) is 0.482. The average molecular weight is 402 g/mol. The number of hydrogen-bond donors (Lipinski definition) is 4. The molecule has 2 rings (SSSR count). The molecule has 0 amide bonds. The van der Waals surface area contributed by atoms with Gasteiger partial charge in [-0.25, -0.2) is 14.4 Å². The number of halogens is 1. The molecule has 2 aromatic rings. The smallest absolute Gasteiger partial charge is 0.145 e. The zero-order valence-corrected chi connectivity index (χ0v) is 16.9. The molecule has 0 bridgehead atoms. The fourth-order valence-corrected chi connectivity index (χ4v) is 3.60. The molecule has 2 heterocycles. The number of anilines is 2. The van der Waals surface area contributed by atoms with Crippen molar-refractivity contribution in [1.29, 1.82) is 5.41 Å². The second-order valence-corrected chi connectivity index (χ2v) is 6.81. The summed E-state index contributed by atoms with van der Waals surface area (Å²) in [5, 5.41) is 14.6. The fraction of sp³-hybridized carbons (Fsp3) is 0.263. The zero-order valence-electron chi connectivity index (χ0n) is 16.1. The lowest BCUT2D eigenvalue weighted by molar-refractivity contribution is 0.605. The molecule has 0 spiro atoms. The lowest BCUT2D eigenvalue weighted by Gasteiger charge is -2.05. The van der Waals surface area contributed by atoms with E-state index in [2.05, 4.69) is 25.6 Å². The Kier molecular flexibility index (Phi) is 7.82. The first-order chi connectivity index (χ1) is 13.6. The number of rotatable bonds is 9. The SMILES string of the molecule is CN=CC(=CN)Cc1nc(NC)c(/C(C=N)=C/Cc2nc(NC)ccc2F)s1. The highest BCUT2D eigenvalue weighted by atomic mass is 32.1. The van der Waals surface area contributed by atoms with Crippen molar-refractivity contribution in [2.24, 2.45) is 10.7 Å². The molecule has 0 radical (unpaired) electrons. The number of hydrogen-bond acceptors (Lipinski definition) is 8. The molecule has 9 heteroatoms. The molecule has 0 saturated carbocycles. The highest BCUT2D eigenvalue weighted by Gasteiger charge is 2.14. The van der Waals surface area contributed by atoms with Crippen molar-refractivity contribution in [1.82, 2.24) is 9.97 Å². The molecule has 0 unspecified atom stereocenters. The van der Waals surface area contributed by atoms with Gasteiger partial charge in [0.1, 0.15) is 22.5 Å². The van der Waals surface area contributed by atoms with Crippen LogP contribution in [0.3, 0.4) is 0 Å². The van der Waals surface area contributed by atoms with E-state index in [4.69, 9.17) is 11.1 Å². The van der Waals surface area contributed by atoms with Gasteiger partial charge in [-0.3, -0.25) is 4.99 Å². The summed E-state index contributed by atoms with van der Waals surface area (Å²) >= 11 is 1.46. The van der Waals surface area contributed by atoms with Crippen molar-refractivity contribution in [2.75, 3.05) is 31.8 Å². The van der Waals surface area contributed by atoms with E-state index in [1.165, 1.54) is 29.8 Å². The van der Waals surface area contributed by atoms with Crippen molar-refractivity contribution >= 4 is 41.0 Å². The monoisotopic (exact) mass is 401 g/mol. The van der Waals surface area contributed by atoms with Crippen molar-refractivity contribution in [2.45, 2.75) is 12.8 Å². The second-order valence-electron chi connectivity index (χ2n) is 5.72. The van der Waals surface area contributed by atoms with E-state index in [1.54, 1.807) is 39.5 Å². The van der Waals surface area contributed by atoms with E-state index >= 15 is 0 Å². The number of pyridine rings is 1. The van der Waals surface area contributed by atoms with Gasteiger partial charge in [-0.1, -0.05) is 6.08 Å². The Morgan fingerprint density at radius 1 is 1.32 bits per heavy atom. The summed E-state index contributed by atoms with van der Waals surface area (Å²) < 4.78 is 14.0. The minimum Gasteiger partial charge on any atom is -0.404 e. The third-order valence-electron chi connectivity index (χ3n) is 3.88. The predicted octanol–water partition coefficient (Wildman–Crippen LogP) is 3.12. The van der Waals surface area contributed by atoms with Crippen LogP contribution >= 0.6 is 11.3 Å². The summed E-state index contributed by atoms with van der Waals surface area (Å²) in [5.41, 5.74) is 7.44. The molecule has 0 atom stereocenters. The number of aromatic nitrogens is 2. The third-order valence-corrected chi connectivity index (χ3v) is 4.98. The third kappa shape index (κ3) is 5.23. The lowest BCUT2D eigenvalue weighted by atomic mass is 10.1. The normalized spacial score (nSPS) is 12.4. The van der Waals surface area contributed by atoms with Gasteiger partial charge in [0.2, 0.25) is 0 Å². The first-order valence-electron chi connectivity index (χ1n) is 8.60. The summed E-state index contributed by atoms with van der Waals surface area (Å²) in [4.78, 5) is 13.6. The van der Waals surface area contributed by atoms with Crippen LogP contribution in [0.25, 0.3) is 5.57 Å². The first kappa shape index (κ1) is 21.2. The molecule has 2 aromatic heterocycles. The Hall–Kier alpha value is -3.07. The van der Waals surface area contributed by atoms with Gasteiger partial charge in [-0.05, 0) is 23.9 Å². The van der Waals surface area contributed by atoms with Crippen molar-refractivity contribution in [3.8, 4) is 0 Å². The summed E-state index contributed by atoms with van der Waals surface area (Å²) in [6.07, 6.45) is 7.02. The second kappa shape index (κ2) is 10.3. The van der Waals surface area contributed by atoms with E-state index in [0.717, 1.165) is 15.5 Å². The minimum atomic E-state index is -0.380. The maximum atomic E-state index is 14.0. The topological polar surface area (TPSA) is 112 Å². The maximum absolute atomic E-state index is 14.0. The van der Waals surface area contributed by atoms with Gasteiger partial charge in [0.25, 0.3) is 0 Å². The Labute approximate surface area is 167 Å². The molecule has 148 valence electrons. The molecular formula is C19H24FN7S. The van der Waals surface area contributed by atoms with Crippen LogP contribution in [0.1, 0.15) is 15.6 Å². The highest BCUT2D eigenvalue weighted by Crippen LogP contribution is 2.30. The number of aliphatic imine (C=N–C) groups is 1. The van der Waals surface area contributed by atoms with Gasteiger partial charge in [-0.2, -0.15) is 0 Å². The Morgan fingerprint density at radius 2 is 2.11 bits per heavy atom. The fourth-order valence-electron chi connectivity index (χ4n) is 2.48. The van der Waals surface area contributed by atoms with Crippen LogP contribution in [-0.2, 0) is 12.8 Å². The number of nitrogens with zero attached hydrogens (tertiary/aromatic N) is 3. The van der Waals surface area contributed by atoms with E-state index in [-0.39, 0.29) is 12.2 Å². The largest absolute Gasteiger partial charge is 0.404 e. The Morgan fingerprint density at radius 3 is 2.71 bits per heavy atom.